The van der Waals surface area contributed by atoms with Gasteiger partial charge < -0.3 is 24.8 Å². The van der Waals surface area contributed by atoms with Crippen LogP contribution in [0.2, 0.25) is 13.1 Å². The maximum absolute atomic E-state index is 2.47. The van der Waals surface area contributed by atoms with E-state index in [1.165, 1.54) is 145 Å². The third-order valence-electron chi connectivity index (χ3n) is 12.4. The van der Waals surface area contributed by atoms with Crippen LogP contribution in [0.4, 0.5) is 0 Å². The van der Waals surface area contributed by atoms with Crippen molar-refractivity contribution in [2.24, 2.45) is 10.8 Å². The van der Waals surface area contributed by atoms with E-state index in [-0.39, 0.29) is 30.2 Å². The summed E-state index contributed by atoms with van der Waals surface area (Å²) in [6.45, 7) is 13.6. The zero-order valence-corrected chi connectivity index (χ0v) is 40.0. The molecule has 0 spiro atoms. The molecular formula is C52H64Cl2SiZr-2. The number of hydrogen-bond acceptors (Lipinski definition) is 0. The quantitative estimate of drug-likeness (QED) is 0.0951. The normalized spacial score (nSPS) is 15.3. The van der Waals surface area contributed by atoms with Gasteiger partial charge in [0.15, 0.2) is 0 Å². The van der Waals surface area contributed by atoms with Crippen molar-refractivity contribution in [2.45, 2.75) is 131 Å². The minimum absolute atomic E-state index is 0. The van der Waals surface area contributed by atoms with E-state index in [1.807, 2.05) is 0 Å². The molecule has 6 aromatic carbocycles. The fourth-order valence-electron chi connectivity index (χ4n) is 9.97. The summed E-state index contributed by atoms with van der Waals surface area (Å²) in [5.41, 5.74) is 12.5. The molecule has 0 bridgehead atoms. The van der Waals surface area contributed by atoms with Gasteiger partial charge in [0.05, 0.1) is 0 Å². The SMILES string of the molecule is CCCC1(Cc2cc3c(-c4ccc(C)cc4)cccc3[cH-]2)CCCC1.CCCC1(Cc2cc3c(-c4ccc(C)cc4)cccc3[cH-]2)CCCC1.C[Si](C)=[Zr+2].[Cl-].[Cl-]. The largest absolute Gasteiger partial charge is 1.00 e. The van der Waals surface area contributed by atoms with Gasteiger partial charge in [0, 0.05) is 0 Å². The van der Waals surface area contributed by atoms with Crippen molar-refractivity contribution in [1.82, 2.24) is 0 Å². The number of halogens is 2. The Morgan fingerprint density at radius 1 is 0.554 bits per heavy atom. The molecule has 0 atom stereocenters. The molecule has 2 fully saturated rings. The molecule has 8 rings (SSSR count). The van der Waals surface area contributed by atoms with Crippen LogP contribution in [0.1, 0.15) is 113 Å². The van der Waals surface area contributed by atoms with E-state index in [9.17, 15) is 0 Å². The number of fused-ring (bicyclic) bond motifs is 2. The van der Waals surface area contributed by atoms with E-state index < -0.39 is 0 Å². The van der Waals surface area contributed by atoms with Crippen molar-refractivity contribution >= 4 is 27.0 Å². The molecule has 0 heterocycles. The number of rotatable bonds is 10. The molecule has 4 heteroatoms. The maximum atomic E-state index is 2.47. The third-order valence-corrected chi connectivity index (χ3v) is 12.4. The Hall–Kier alpha value is -2.22. The minimum Gasteiger partial charge on any atom is -1.00 e. The van der Waals surface area contributed by atoms with Crippen LogP contribution in [0.25, 0.3) is 43.8 Å². The molecule has 2 saturated carbocycles. The predicted molar refractivity (Wildman–Crippen MR) is 236 cm³/mol. The first-order valence-electron chi connectivity index (χ1n) is 21.1. The van der Waals surface area contributed by atoms with Crippen molar-refractivity contribution in [2.75, 3.05) is 0 Å². The maximum Gasteiger partial charge on any atom is -1.00 e. The molecule has 0 aliphatic heterocycles. The second-order valence-electron chi connectivity index (χ2n) is 17.3. The fourth-order valence-corrected chi connectivity index (χ4v) is 9.97. The molecule has 0 nitrogen and oxygen atoms in total. The van der Waals surface area contributed by atoms with Crippen LogP contribution in [-0.4, -0.2) is 5.43 Å². The molecule has 0 unspecified atom stereocenters. The van der Waals surface area contributed by atoms with Crippen molar-refractivity contribution in [1.29, 1.82) is 0 Å². The van der Waals surface area contributed by atoms with Gasteiger partial charge in [-0.25, -0.2) is 0 Å². The zero-order valence-electron chi connectivity index (χ0n) is 35.0. The molecule has 2 aliphatic rings. The molecule has 2 aliphatic carbocycles. The monoisotopic (exact) mass is 876 g/mol. The van der Waals surface area contributed by atoms with Gasteiger partial charge >= 0.3 is 41.9 Å². The van der Waals surface area contributed by atoms with E-state index in [1.54, 1.807) is 34.5 Å². The van der Waals surface area contributed by atoms with Gasteiger partial charge in [-0.05, 0) is 87.2 Å². The Bertz CT molecular complexity index is 1950. The first kappa shape index (κ1) is 46.5. The van der Waals surface area contributed by atoms with Gasteiger partial charge in [-0.2, -0.15) is 12.1 Å². The summed E-state index contributed by atoms with van der Waals surface area (Å²) >= 11 is 1.74. The van der Waals surface area contributed by atoms with Crippen LogP contribution in [0.3, 0.4) is 0 Å². The van der Waals surface area contributed by atoms with Gasteiger partial charge in [-0.15, -0.1) is 69.1 Å². The van der Waals surface area contributed by atoms with Gasteiger partial charge in [-0.3, -0.25) is 0 Å². The summed E-state index contributed by atoms with van der Waals surface area (Å²) < 4.78 is 0. The van der Waals surface area contributed by atoms with Gasteiger partial charge in [-0.1, -0.05) is 135 Å². The topological polar surface area (TPSA) is 0 Å². The van der Waals surface area contributed by atoms with E-state index >= 15 is 0 Å². The van der Waals surface area contributed by atoms with Crippen LogP contribution >= 0.6 is 0 Å². The number of hydrogen-bond donors (Lipinski definition) is 0. The second-order valence-corrected chi connectivity index (χ2v) is 26.7. The van der Waals surface area contributed by atoms with Crippen LogP contribution in [0, 0.1) is 24.7 Å². The molecule has 6 aromatic rings. The molecule has 0 radical (unpaired) electrons. The second kappa shape index (κ2) is 21.7. The molecule has 0 saturated heterocycles. The molecule has 0 aromatic heterocycles. The summed E-state index contributed by atoms with van der Waals surface area (Å²) in [6, 6.07) is 41.2. The Balaban J connectivity index is 0.000000220. The molecule has 0 N–H and O–H groups in total. The van der Waals surface area contributed by atoms with Crippen molar-refractivity contribution in [3.63, 3.8) is 0 Å². The predicted octanol–water partition coefficient (Wildman–Crippen LogP) is 9.67. The number of benzene rings is 4. The smallest absolute Gasteiger partial charge is 1.00 e. The van der Waals surface area contributed by atoms with Crippen molar-refractivity contribution in [3.8, 4) is 22.3 Å². The summed E-state index contributed by atoms with van der Waals surface area (Å²) in [6.07, 6.45) is 19.3. The summed E-state index contributed by atoms with van der Waals surface area (Å²) in [7, 11) is 0. The van der Waals surface area contributed by atoms with Gasteiger partial charge in [0.2, 0.25) is 0 Å². The first-order chi connectivity index (χ1) is 26.1. The summed E-state index contributed by atoms with van der Waals surface area (Å²) in [5, 5.41) is 5.65. The zero-order chi connectivity index (χ0) is 38.1. The van der Waals surface area contributed by atoms with Crippen LogP contribution < -0.4 is 24.8 Å². The average Bonchev–Trinajstić information content (AvgIpc) is 3.97. The fraction of sp³-hybridized carbons (Fsp3) is 0.423. The summed E-state index contributed by atoms with van der Waals surface area (Å²) in [4.78, 5) is 0. The Kier molecular flexibility index (Phi) is 18.0. The van der Waals surface area contributed by atoms with Crippen LogP contribution in [0.15, 0.2) is 109 Å². The average molecular weight is 879 g/mol. The van der Waals surface area contributed by atoms with Crippen molar-refractivity contribution < 1.29 is 48.1 Å². The van der Waals surface area contributed by atoms with Crippen LogP contribution in [-0.2, 0) is 36.2 Å². The van der Waals surface area contributed by atoms with E-state index in [2.05, 4.69) is 150 Å². The van der Waals surface area contributed by atoms with Crippen molar-refractivity contribution in [3.05, 3.63) is 131 Å². The van der Waals surface area contributed by atoms with E-state index in [0.717, 1.165) is 0 Å². The molecule has 56 heavy (non-hydrogen) atoms. The third kappa shape index (κ3) is 11.9. The Labute approximate surface area is 367 Å². The molecular weight excluding hydrogens is 815 g/mol. The Morgan fingerprint density at radius 3 is 1.21 bits per heavy atom. The summed E-state index contributed by atoms with van der Waals surface area (Å²) in [5.74, 6) is 0. The Morgan fingerprint density at radius 2 is 0.893 bits per heavy atom. The van der Waals surface area contributed by atoms with Gasteiger partial charge in [0.25, 0.3) is 0 Å². The van der Waals surface area contributed by atoms with E-state index in [4.69, 9.17) is 0 Å². The van der Waals surface area contributed by atoms with E-state index in [0.29, 0.717) is 10.8 Å². The van der Waals surface area contributed by atoms with Crippen LogP contribution in [0.5, 0.6) is 0 Å². The molecule has 296 valence electrons. The minimum atomic E-state index is 0. The first-order valence-corrected chi connectivity index (χ1v) is 27.3. The molecule has 0 amide bonds. The standard InChI is InChI=1S/2C25H29.C2H6Si.2ClH.Zr/c2*1-3-13-25(14-4-5-15-25)18-20-16-22-7-6-8-23(24(22)17-20)21-11-9-19(2)10-12-21;1-3-2;;;/h2*6-12,16-17H,3-5,13-15,18H2,1-2H3;1-2H3;2*1H;/q2*-1;;;;+2/p-2. The van der Waals surface area contributed by atoms with Gasteiger partial charge in [0.1, 0.15) is 0 Å². The number of aryl methyl sites for hydroxylation is 2.